The van der Waals surface area contributed by atoms with Gasteiger partial charge in [0.2, 0.25) is 0 Å². The third-order valence-corrected chi connectivity index (χ3v) is 10.2. The molecule has 256 valence electrons. The minimum atomic E-state index is 0.612. The van der Waals surface area contributed by atoms with Crippen molar-refractivity contribution in [2.45, 2.75) is 51.6 Å². The van der Waals surface area contributed by atoms with E-state index in [1.54, 1.807) is 0 Å². The van der Waals surface area contributed by atoms with Crippen molar-refractivity contribution in [2.24, 2.45) is 33.3 Å². The zero-order valence-electron chi connectivity index (χ0n) is 28.9. The molecule has 6 rings (SSSR count). The number of likely N-dealkylation sites (tertiary alicyclic amines) is 2. The van der Waals surface area contributed by atoms with E-state index in [1.807, 2.05) is 24.3 Å². The highest BCUT2D eigenvalue weighted by Crippen LogP contribution is 2.24. The van der Waals surface area contributed by atoms with Crippen molar-refractivity contribution < 1.29 is 0 Å². The number of hydrogen-bond donors (Lipinski definition) is 3. The molecule has 0 aromatic heterocycles. The number of benzene rings is 4. The first-order chi connectivity index (χ1) is 24.1. The average Bonchev–Trinajstić information content (AvgIpc) is 3.14. The molecule has 0 aliphatic carbocycles. The maximum Gasteiger partial charge on any atom is 0.125 e. The zero-order chi connectivity index (χ0) is 33.7. The van der Waals surface area contributed by atoms with E-state index in [4.69, 9.17) is 21.5 Å². The molecule has 49 heavy (non-hydrogen) atoms. The highest BCUT2D eigenvalue weighted by molar-refractivity contribution is 5.98. The summed E-state index contributed by atoms with van der Waals surface area (Å²) in [7, 11) is 0. The van der Waals surface area contributed by atoms with Gasteiger partial charge in [0.05, 0.1) is 0 Å². The zero-order valence-corrected chi connectivity index (χ0v) is 28.9. The Morgan fingerprint density at radius 2 is 0.898 bits per heavy atom. The predicted molar refractivity (Wildman–Crippen MR) is 205 cm³/mol. The first-order valence-corrected chi connectivity index (χ1v) is 18.2. The number of amidine groups is 2. The summed E-state index contributed by atoms with van der Waals surface area (Å²) in [6, 6.07) is 37.9. The molecule has 0 radical (unpaired) electrons. The number of aliphatic imine (C=N–C) groups is 2. The minimum Gasteiger partial charge on any atom is -0.384 e. The summed E-state index contributed by atoms with van der Waals surface area (Å²) in [5, 5.41) is 3.48. The van der Waals surface area contributed by atoms with Crippen molar-refractivity contribution in [2.75, 3.05) is 44.6 Å². The van der Waals surface area contributed by atoms with Crippen molar-refractivity contribution in [3.63, 3.8) is 0 Å². The minimum absolute atomic E-state index is 0.612. The molecule has 2 saturated heterocycles. The average molecular weight is 656 g/mol. The lowest BCUT2D eigenvalue weighted by molar-refractivity contribution is 0.173. The SMILES string of the molecule is NC(=NCCC1CCN(Cc2ccccc2)CC1)c1ccc(Nc2ccc(C(N)=NCCC3CCN(Cc4ccccc4)CC3)cc2)cc1. The van der Waals surface area contributed by atoms with Crippen LogP contribution in [-0.4, -0.2) is 60.7 Å². The Kier molecular flexibility index (Phi) is 12.5. The van der Waals surface area contributed by atoms with Crippen LogP contribution >= 0.6 is 0 Å². The Hall–Kier alpha value is -4.46. The molecule has 0 unspecified atom stereocenters. The van der Waals surface area contributed by atoms with Crippen molar-refractivity contribution in [3.05, 3.63) is 131 Å². The number of nitrogens with one attached hydrogen (secondary N) is 1. The highest BCUT2D eigenvalue weighted by Gasteiger charge is 2.20. The van der Waals surface area contributed by atoms with Gasteiger partial charge < -0.3 is 16.8 Å². The summed E-state index contributed by atoms with van der Waals surface area (Å²) in [5.41, 5.74) is 19.5. The Balaban J connectivity index is 0.882. The Bertz CT molecular complexity index is 1480. The largest absolute Gasteiger partial charge is 0.384 e. The molecule has 2 aliphatic heterocycles. The summed E-state index contributed by atoms with van der Waals surface area (Å²) < 4.78 is 0. The second-order valence-electron chi connectivity index (χ2n) is 13.8. The number of anilines is 2. The molecular weight excluding hydrogens is 603 g/mol. The van der Waals surface area contributed by atoms with Gasteiger partial charge in [0.15, 0.2) is 0 Å². The molecule has 0 spiro atoms. The van der Waals surface area contributed by atoms with Gasteiger partial charge in [-0.3, -0.25) is 19.8 Å². The maximum atomic E-state index is 6.37. The molecule has 0 amide bonds. The summed E-state index contributed by atoms with van der Waals surface area (Å²) in [6.45, 7) is 8.30. The summed E-state index contributed by atoms with van der Waals surface area (Å²) in [6.07, 6.45) is 7.13. The fraction of sp³-hybridized carbons (Fsp3) is 0.381. The fourth-order valence-electron chi connectivity index (χ4n) is 7.08. The van der Waals surface area contributed by atoms with Crippen LogP contribution in [0.1, 0.15) is 60.8 Å². The van der Waals surface area contributed by atoms with Crippen LogP contribution in [0.5, 0.6) is 0 Å². The second kappa shape index (κ2) is 17.8. The van der Waals surface area contributed by atoms with Crippen molar-refractivity contribution >= 4 is 23.0 Å². The van der Waals surface area contributed by atoms with Gasteiger partial charge in [-0.1, -0.05) is 60.7 Å². The van der Waals surface area contributed by atoms with Crippen LogP contribution in [0.4, 0.5) is 11.4 Å². The molecule has 0 saturated carbocycles. The van der Waals surface area contributed by atoms with Gasteiger partial charge in [0, 0.05) is 48.7 Å². The third-order valence-electron chi connectivity index (χ3n) is 10.2. The number of rotatable bonds is 14. The summed E-state index contributed by atoms with van der Waals surface area (Å²) >= 11 is 0. The molecule has 2 fully saturated rings. The predicted octanol–water partition coefficient (Wildman–Crippen LogP) is 7.45. The monoisotopic (exact) mass is 655 g/mol. The maximum absolute atomic E-state index is 6.37. The quantitative estimate of drug-likeness (QED) is 0.0970. The van der Waals surface area contributed by atoms with E-state index in [1.165, 1.54) is 36.8 Å². The molecule has 2 aliphatic rings. The Labute approximate surface area is 293 Å². The van der Waals surface area contributed by atoms with E-state index >= 15 is 0 Å². The molecule has 2 heterocycles. The van der Waals surface area contributed by atoms with Crippen molar-refractivity contribution in [1.82, 2.24) is 9.80 Å². The van der Waals surface area contributed by atoms with Gasteiger partial charge in [-0.25, -0.2) is 0 Å². The lowest BCUT2D eigenvalue weighted by Crippen LogP contribution is -2.33. The van der Waals surface area contributed by atoms with Crippen molar-refractivity contribution in [3.8, 4) is 0 Å². The van der Waals surface area contributed by atoms with Gasteiger partial charge in [0.25, 0.3) is 0 Å². The molecule has 0 bridgehead atoms. The van der Waals surface area contributed by atoms with Crippen LogP contribution in [0, 0.1) is 11.8 Å². The van der Waals surface area contributed by atoms with E-state index in [0.717, 1.165) is 99.5 Å². The van der Waals surface area contributed by atoms with E-state index in [2.05, 4.69) is 100 Å². The van der Waals surface area contributed by atoms with E-state index in [9.17, 15) is 0 Å². The first-order valence-electron chi connectivity index (χ1n) is 18.2. The van der Waals surface area contributed by atoms with Crippen LogP contribution < -0.4 is 16.8 Å². The number of piperidine rings is 2. The van der Waals surface area contributed by atoms with Gasteiger partial charge in [-0.2, -0.15) is 0 Å². The van der Waals surface area contributed by atoms with Crippen LogP contribution in [0.2, 0.25) is 0 Å². The molecule has 5 N–H and O–H groups in total. The van der Waals surface area contributed by atoms with Crippen LogP contribution in [0.25, 0.3) is 0 Å². The molecule has 4 aromatic rings. The number of nitrogens with two attached hydrogens (primary N) is 2. The normalized spacial score (nSPS) is 17.3. The first kappa shape index (κ1) is 34.4. The summed E-state index contributed by atoms with van der Waals surface area (Å²) in [4.78, 5) is 14.6. The number of nitrogens with zero attached hydrogens (tertiary/aromatic N) is 4. The van der Waals surface area contributed by atoms with E-state index < -0.39 is 0 Å². The van der Waals surface area contributed by atoms with Gasteiger partial charge in [0.1, 0.15) is 11.7 Å². The van der Waals surface area contributed by atoms with Crippen LogP contribution in [0.3, 0.4) is 0 Å². The second-order valence-corrected chi connectivity index (χ2v) is 13.8. The van der Waals surface area contributed by atoms with E-state index in [-0.39, 0.29) is 0 Å². The van der Waals surface area contributed by atoms with Crippen LogP contribution in [0.15, 0.2) is 119 Å². The Morgan fingerprint density at radius 1 is 0.531 bits per heavy atom. The standard InChI is InChI=1S/C42H53N7/c43-41(45-25-19-33-21-27-48(28-22-33)31-35-7-3-1-4-8-35)37-11-15-39(16-12-37)47-40-17-13-38(14-18-40)42(44)46-26-20-34-23-29-49(30-24-34)32-36-9-5-2-6-10-36/h1-18,33-34,47H,19-32H2,(H2,43,45)(H2,44,46). The summed E-state index contributed by atoms with van der Waals surface area (Å²) in [5.74, 6) is 2.67. The lowest BCUT2D eigenvalue weighted by atomic mass is 9.93. The molecule has 4 aromatic carbocycles. The third kappa shape index (κ3) is 10.8. The van der Waals surface area contributed by atoms with Gasteiger partial charge in [-0.15, -0.1) is 0 Å². The van der Waals surface area contributed by atoms with E-state index in [0.29, 0.717) is 11.7 Å². The van der Waals surface area contributed by atoms with Gasteiger partial charge in [-0.05, 0) is 136 Å². The topological polar surface area (TPSA) is 95.3 Å². The van der Waals surface area contributed by atoms with Crippen LogP contribution in [-0.2, 0) is 13.1 Å². The highest BCUT2D eigenvalue weighted by atomic mass is 15.1. The van der Waals surface area contributed by atoms with Crippen molar-refractivity contribution in [1.29, 1.82) is 0 Å². The lowest BCUT2D eigenvalue weighted by Gasteiger charge is -2.31. The molecule has 0 atom stereocenters. The Morgan fingerprint density at radius 3 is 1.27 bits per heavy atom. The molecular formula is C42H53N7. The fourth-order valence-corrected chi connectivity index (χ4v) is 7.08. The number of hydrogen-bond acceptors (Lipinski definition) is 5. The van der Waals surface area contributed by atoms with Gasteiger partial charge >= 0.3 is 0 Å². The molecule has 7 nitrogen and oxygen atoms in total. The molecule has 7 heteroatoms. The smallest absolute Gasteiger partial charge is 0.125 e.